The smallest absolute Gasteiger partial charge is 0.255 e. The number of hydrogen-bond donors (Lipinski definition) is 2. The maximum Gasteiger partial charge on any atom is 0.255 e. The number of carbonyl (C=O) groups is 1. The standard InChI is InChI=1S/C19H19N3O4S2/c1-13-6-7-15(9-18(13)22-28(2,24)25)21-19(23)14-4-3-5-17(8-14)26-10-16-11-27-12-20-16/h3-9,11-12,22H,10H2,1-2H3,(H,21,23). The fourth-order valence-electron chi connectivity index (χ4n) is 2.41. The molecule has 28 heavy (non-hydrogen) atoms. The quantitative estimate of drug-likeness (QED) is 0.611. The average Bonchev–Trinajstić information content (AvgIpc) is 3.15. The van der Waals surface area contributed by atoms with Crippen LogP contribution in [0.3, 0.4) is 0 Å². The van der Waals surface area contributed by atoms with E-state index in [2.05, 4.69) is 15.0 Å². The highest BCUT2D eigenvalue weighted by molar-refractivity contribution is 7.92. The molecule has 1 heterocycles. The first-order chi connectivity index (χ1) is 13.3. The molecule has 9 heteroatoms. The molecule has 1 amide bonds. The number of hydrogen-bond acceptors (Lipinski definition) is 6. The molecule has 7 nitrogen and oxygen atoms in total. The largest absolute Gasteiger partial charge is 0.487 e. The monoisotopic (exact) mass is 417 g/mol. The molecule has 3 rings (SSSR count). The molecular weight excluding hydrogens is 398 g/mol. The van der Waals surface area contributed by atoms with Crippen molar-refractivity contribution in [2.75, 3.05) is 16.3 Å². The predicted octanol–water partition coefficient (Wildman–Crippen LogP) is 3.65. The summed E-state index contributed by atoms with van der Waals surface area (Å²) in [5.41, 5.74) is 4.63. The van der Waals surface area contributed by atoms with Gasteiger partial charge in [0.1, 0.15) is 12.4 Å². The Kier molecular flexibility index (Phi) is 5.96. The van der Waals surface area contributed by atoms with Crippen molar-refractivity contribution in [1.29, 1.82) is 0 Å². The Morgan fingerprint density at radius 1 is 1.21 bits per heavy atom. The molecule has 2 aromatic carbocycles. The minimum Gasteiger partial charge on any atom is -0.487 e. The van der Waals surface area contributed by atoms with E-state index in [9.17, 15) is 13.2 Å². The first kappa shape index (κ1) is 19.8. The highest BCUT2D eigenvalue weighted by Crippen LogP contribution is 2.22. The van der Waals surface area contributed by atoms with Gasteiger partial charge in [0.15, 0.2) is 0 Å². The number of sulfonamides is 1. The van der Waals surface area contributed by atoms with Crippen LogP contribution in [-0.4, -0.2) is 25.6 Å². The summed E-state index contributed by atoms with van der Waals surface area (Å²) in [7, 11) is -3.41. The molecule has 146 valence electrons. The zero-order valence-electron chi connectivity index (χ0n) is 15.3. The van der Waals surface area contributed by atoms with Gasteiger partial charge in [-0.2, -0.15) is 0 Å². The first-order valence-electron chi connectivity index (χ1n) is 8.30. The SMILES string of the molecule is Cc1ccc(NC(=O)c2cccc(OCc3cscn3)c2)cc1NS(C)(=O)=O. The van der Waals surface area contributed by atoms with E-state index < -0.39 is 10.0 Å². The van der Waals surface area contributed by atoms with Crippen molar-refractivity contribution in [3.63, 3.8) is 0 Å². The third-order valence-electron chi connectivity index (χ3n) is 3.76. The van der Waals surface area contributed by atoms with Crippen molar-refractivity contribution < 1.29 is 17.9 Å². The number of anilines is 2. The van der Waals surface area contributed by atoms with Crippen molar-refractivity contribution in [2.24, 2.45) is 0 Å². The molecule has 0 atom stereocenters. The van der Waals surface area contributed by atoms with E-state index in [1.807, 2.05) is 5.38 Å². The number of thiazole rings is 1. The van der Waals surface area contributed by atoms with E-state index in [4.69, 9.17) is 4.74 Å². The molecule has 0 saturated carbocycles. The Morgan fingerprint density at radius 3 is 2.75 bits per heavy atom. The molecule has 0 fully saturated rings. The lowest BCUT2D eigenvalue weighted by Gasteiger charge is -2.12. The van der Waals surface area contributed by atoms with Crippen LogP contribution in [0.15, 0.2) is 53.4 Å². The zero-order valence-corrected chi connectivity index (χ0v) is 16.9. The number of rotatable bonds is 7. The van der Waals surface area contributed by atoms with Gasteiger partial charge < -0.3 is 10.1 Å². The topological polar surface area (TPSA) is 97.4 Å². The van der Waals surface area contributed by atoms with Gasteiger partial charge in [0, 0.05) is 16.6 Å². The molecule has 0 aliphatic carbocycles. The number of aryl methyl sites for hydroxylation is 1. The second-order valence-corrected chi connectivity index (χ2v) is 8.62. The lowest BCUT2D eigenvalue weighted by Crippen LogP contribution is -2.14. The Hall–Kier alpha value is -2.91. The third kappa shape index (κ3) is 5.54. The van der Waals surface area contributed by atoms with Gasteiger partial charge in [-0.1, -0.05) is 12.1 Å². The summed E-state index contributed by atoms with van der Waals surface area (Å²) < 4.78 is 31.1. The van der Waals surface area contributed by atoms with E-state index in [-0.39, 0.29) is 5.91 Å². The number of nitrogens with zero attached hydrogens (tertiary/aromatic N) is 1. The van der Waals surface area contributed by atoms with E-state index >= 15 is 0 Å². The van der Waals surface area contributed by atoms with Crippen LogP contribution in [0.1, 0.15) is 21.6 Å². The predicted molar refractivity (Wildman–Crippen MR) is 110 cm³/mol. The molecule has 0 spiro atoms. The molecule has 0 bridgehead atoms. The van der Waals surface area contributed by atoms with Crippen molar-refractivity contribution in [3.8, 4) is 5.75 Å². The van der Waals surface area contributed by atoms with E-state index in [0.717, 1.165) is 17.5 Å². The van der Waals surface area contributed by atoms with Crippen LogP contribution in [-0.2, 0) is 16.6 Å². The Morgan fingerprint density at radius 2 is 2.04 bits per heavy atom. The van der Waals surface area contributed by atoms with Crippen LogP contribution < -0.4 is 14.8 Å². The van der Waals surface area contributed by atoms with Crippen LogP contribution in [0.2, 0.25) is 0 Å². The van der Waals surface area contributed by atoms with Crippen LogP contribution >= 0.6 is 11.3 Å². The summed E-state index contributed by atoms with van der Waals surface area (Å²) in [5.74, 6) is 0.234. The highest BCUT2D eigenvalue weighted by atomic mass is 32.2. The fraction of sp³-hybridized carbons (Fsp3) is 0.158. The van der Waals surface area contributed by atoms with Gasteiger partial charge in [-0.05, 0) is 42.8 Å². The first-order valence-corrected chi connectivity index (χ1v) is 11.1. The fourth-order valence-corrected chi connectivity index (χ4v) is 3.57. The van der Waals surface area contributed by atoms with Crippen molar-refractivity contribution >= 4 is 38.6 Å². The normalized spacial score (nSPS) is 11.1. The summed E-state index contributed by atoms with van der Waals surface area (Å²) in [5, 5.41) is 4.67. The molecule has 3 aromatic rings. The number of ether oxygens (including phenoxy) is 1. The zero-order chi connectivity index (χ0) is 20.1. The lowest BCUT2D eigenvalue weighted by atomic mass is 10.1. The summed E-state index contributed by atoms with van der Waals surface area (Å²) in [6, 6.07) is 11.8. The molecule has 0 aliphatic heterocycles. The van der Waals surface area contributed by atoms with Crippen LogP contribution in [0.25, 0.3) is 0 Å². The Bertz CT molecular complexity index is 1080. The number of carbonyl (C=O) groups excluding carboxylic acids is 1. The summed E-state index contributed by atoms with van der Waals surface area (Å²) >= 11 is 1.49. The van der Waals surface area contributed by atoms with Crippen molar-refractivity contribution in [1.82, 2.24) is 4.98 Å². The van der Waals surface area contributed by atoms with Gasteiger partial charge in [0.25, 0.3) is 5.91 Å². The molecule has 0 saturated heterocycles. The van der Waals surface area contributed by atoms with Gasteiger partial charge >= 0.3 is 0 Å². The highest BCUT2D eigenvalue weighted by Gasteiger charge is 2.11. The van der Waals surface area contributed by atoms with Gasteiger partial charge in [-0.25, -0.2) is 13.4 Å². The minimum absolute atomic E-state index is 0.326. The van der Waals surface area contributed by atoms with Crippen molar-refractivity contribution in [3.05, 3.63) is 70.2 Å². The molecule has 0 radical (unpaired) electrons. The lowest BCUT2D eigenvalue weighted by molar-refractivity contribution is 0.102. The number of benzene rings is 2. The van der Waals surface area contributed by atoms with Gasteiger partial charge in [0.2, 0.25) is 10.0 Å². The number of nitrogens with one attached hydrogen (secondary N) is 2. The Balaban J connectivity index is 1.71. The summed E-state index contributed by atoms with van der Waals surface area (Å²) in [6.45, 7) is 2.11. The average molecular weight is 418 g/mol. The minimum atomic E-state index is -3.41. The second kappa shape index (κ2) is 8.41. The van der Waals surface area contributed by atoms with Gasteiger partial charge in [-0.15, -0.1) is 11.3 Å². The second-order valence-electron chi connectivity index (χ2n) is 6.15. The van der Waals surface area contributed by atoms with Crippen LogP contribution in [0.5, 0.6) is 5.75 Å². The van der Waals surface area contributed by atoms with E-state index in [1.54, 1.807) is 54.9 Å². The third-order valence-corrected chi connectivity index (χ3v) is 4.98. The van der Waals surface area contributed by atoms with E-state index in [0.29, 0.717) is 29.3 Å². The molecular formula is C19H19N3O4S2. The van der Waals surface area contributed by atoms with E-state index in [1.165, 1.54) is 11.3 Å². The molecule has 1 aromatic heterocycles. The molecule has 0 unspecified atom stereocenters. The van der Waals surface area contributed by atoms with Crippen LogP contribution in [0, 0.1) is 6.92 Å². The maximum absolute atomic E-state index is 12.6. The van der Waals surface area contributed by atoms with Crippen LogP contribution in [0.4, 0.5) is 11.4 Å². The van der Waals surface area contributed by atoms with Crippen molar-refractivity contribution in [2.45, 2.75) is 13.5 Å². The Labute approximate surface area is 167 Å². The van der Waals surface area contributed by atoms with Gasteiger partial charge in [-0.3, -0.25) is 9.52 Å². The maximum atomic E-state index is 12.6. The van der Waals surface area contributed by atoms with Gasteiger partial charge in [0.05, 0.1) is 23.1 Å². The molecule has 0 aliphatic rings. The summed E-state index contributed by atoms with van der Waals surface area (Å²) in [4.78, 5) is 16.7. The summed E-state index contributed by atoms with van der Waals surface area (Å²) in [6.07, 6.45) is 1.08. The molecule has 2 N–H and O–H groups in total. The number of amides is 1. The number of aromatic nitrogens is 1.